The van der Waals surface area contributed by atoms with Gasteiger partial charge in [-0.2, -0.15) is 0 Å². The third kappa shape index (κ3) is 4.71. The number of nitrogens with one attached hydrogen (secondary N) is 2. The minimum absolute atomic E-state index is 0.0592. The van der Waals surface area contributed by atoms with Crippen molar-refractivity contribution in [2.24, 2.45) is 0 Å². The summed E-state index contributed by atoms with van der Waals surface area (Å²) in [4.78, 5) is 37.6. The summed E-state index contributed by atoms with van der Waals surface area (Å²) in [6, 6.07) is 6.85. The predicted octanol–water partition coefficient (Wildman–Crippen LogP) is 1.54. The molecule has 26 heavy (non-hydrogen) atoms. The normalized spacial score (nSPS) is 15.1. The number of aliphatic hydroxyl groups is 1. The molecule has 138 valence electrons. The molecule has 0 radical (unpaired) electrons. The van der Waals surface area contributed by atoms with Crippen molar-refractivity contribution in [3.8, 4) is 0 Å². The number of halogens is 1. The van der Waals surface area contributed by atoms with E-state index in [9.17, 15) is 19.5 Å². The molecule has 0 aromatic heterocycles. The minimum Gasteiger partial charge on any atom is -0.374 e. The van der Waals surface area contributed by atoms with Gasteiger partial charge in [0.1, 0.15) is 12.1 Å². The number of carbonyl (C=O) groups excluding carboxylic acids is 3. The Bertz CT molecular complexity index is 769. The standard InChI is InChI=1S/C18H20ClN3O4/c1-3-22(13-6-4-12(5-7-13)21-18(26)10-19)15-9-16(24)14(8-17(15)25)20-11(2)23/h4-9,11,20,23H,3,10H2,1-2H3,(H,21,26). The second-order valence-electron chi connectivity index (χ2n) is 5.61. The third-order valence-electron chi connectivity index (χ3n) is 3.62. The van der Waals surface area contributed by atoms with Crippen LogP contribution in [0.2, 0.25) is 0 Å². The highest BCUT2D eigenvalue weighted by molar-refractivity contribution is 6.29. The van der Waals surface area contributed by atoms with Crippen LogP contribution in [0.3, 0.4) is 0 Å². The Labute approximate surface area is 156 Å². The highest BCUT2D eigenvalue weighted by Crippen LogP contribution is 2.24. The van der Waals surface area contributed by atoms with Crippen LogP contribution in [-0.2, 0) is 14.4 Å². The number of benzene rings is 1. The number of ketones is 2. The molecule has 0 aliphatic heterocycles. The number of hydrogen-bond acceptors (Lipinski definition) is 6. The van der Waals surface area contributed by atoms with Gasteiger partial charge in [-0.1, -0.05) is 0 Å². The number of nitrogens with zero attached hydrogens (tertiary/aromatic N) is 1. The lowest BCUT2D eigenvalue weighted by atomic mass is 10.0. The molecule has 0 heterocycles. The SMILES string of the molecule is CCN(C1=CC(=O)C(NC(C)O)=CC1=O)c1ccc(NC(=O)CCl)cc1. The van der Waals surface area contributed by atoms with Crippen LogP contribution in [0, 0.1) is 0 Å². The zero-order chi connectivity index (χ0) is 19.3. The molecule has 8 heteroatoms. The second-order valence-corrected chi connectivity index (χ2v) is 5.88. The molecule has 3 N–H and O–H groups in total. The summed E-state index contributed by atoms with van der Waals surface area (Å²) in [5, 5.41) is 14.5. The van der Waals surface area contributed by atoms with E-state index in [1.807, 2.05) is 6.92 Å². The van der Waals surface area contributed by atoms with E-state index in [1.54, 1.807) is 29.2 Å². The molecule has 0 spiro atoms. The fourth-order valence-electron chi connectivity index (χ4n) is 2.51. The van der Waals surface area contributed by atoms with Gasteiger partial charge in [0, 0.05) is 30.1 Å². The zero-order valence-electron chi connectivity index (χ0n) is 14.5. The Morgan fingerprint density at radius 1 is 1.19 bits per heavy atom. The Morgan fingerprint density at radius 3 is 2.38 bits per heavy atom. The van der Waals surface area contributed by atoms with Crippen LogP contribution in [0.4, 0.5) is 11.4 Å². The Balaban J connectivity index is 2.22. The maximum atomic E-state index is 12.4. The van der Waals surface area contributed by atoms with Crippen LogP contribution < -0.4 is 15.5 Å². The molecule has 0 saturated carbocycles. The number of amides is 1. The summed E-state index contributed by atoms with van der Waals surface area (Å²) >= 11 is 5.46. The summed E-state index contributed by atoms with van der Waals surface area (Å²) in [6.45, 7) is 3.78. The number of alkyl halides is 1. The van der Waals surface area contributed by atoms with Gasteiger partial charge >= 0.3 is 0 Å². The Hall–Kier alpha value is -2.64. The van der Waals surface area contributed by atoms with E-state index in [-0.39, 0.29) is 34.7 Å². The summed E-state index contributed by atoms with van der Waals surface area (Å²) in [5.74, 6) is -1.17. The van der Waals surface area contributed by atoms with Gasteiger partial charge in [0.25, 0.3) is 0 Å². The number of likely N-dealkylation sites (N-methyl/N-ethyl adjacent to an activating group) is 1. The van der Waals surface area contributed by atoms with Gasteiger partial charge in [-0.25, -0.2) is 0 Å². The lowest BCUT2D eigenvalue weighted by Crippen LogP contribution is -2.35. The average Bonchev–Trinajstić information content (AvgIpc) is 2.60. The third-order valence-corrected chi connectivity index (χ3v) is 3.86. The van der Waals surface area contributed by atoms with Gasteiger partial charge in [-0.15, -0.1) is 11.6 Å². The van der Waals surface area contributed by atoms with Crippen LogP contribution in [0.5, 0.6) is 0 Å². The number of aliphatic hydroxyl groups excluding tert-OH is 1. The molecule has 1 aliphatic carbocycles. The fourth-order valence-corrected chi connectivity index (χ4v) is 2.58. The van der Waals surface area contributed by atoms with Crippen LogP contribution in [-0.4, -0.2) is 41.2 Å². The van der Waals surface area contributed by atoms with Gasteiger partial charge in [0.15, 0.2) is 0 Å². The zero-order valence-corrected chi connectivity index (χ0v) is 15.2. The van der Waals surface area contributed by atoms with Crippen molar-refractivity contribution in [2.45, 2.75) is 20.1 Å². The first kappa shape index (κ1) is 19.7. The van der Waals surface area contributed by atoms with E-state index in [4.69, 9.17) is 11.6 Å². The lowest BCUT2D eigenvalue weighted by Gasteiger charge is -2.27. The maximum Gasteiger partial charge on any atom is 0.239 e. The van der Waals surface area contributed by atoms with Crippen LogP contribution in [0.15, 0.2) is 47.8 Å². The van der Waals surface area contributed by atoms with Crippen molar-refractivity contribution in [3.63, 3.8) is 0 Å². The largest absolute Gasteiger partial charge is 0.374 e. The van der Waals surface area contributed by atoms with Gasteiger partial charge in [0.05, 0.1) is 11.4 Å². The molecule has 7 nitrogen and oxygen atoms in total. The topological polar surface area (TPSA) is 98.7 Å². The van der Waals surface area contributed by atoms with Crippen molar-refractivity contribution in [3.05, 3.63) is 47.8 Å². The van der Waals surface area contributed by atoms with E-state index >= 15 is 0 Å². The lowest BCUT2D eigenvalue weighted by molar-refractivity contribution is -0.115. The van der Waals surface area contributed by atoms with E-state index in [0.29, 0.717) is 17.9 Å². The molecule has 1 aromatic carbocycles. The van der Waals surface area contributed by atoms with Crippen molar-refractivity contribution in [1.82, 2.24) is 5.32 Å². The van der Waals surface area contributed by atoms with Crippen molar-refractivity contribution in [1.29, 1.82) is 0 Å². The first-order valence-electron chi connectivity index (χ1n) is 8.05. The van der Waals surface area contributed by atoms with Crippen LogP contribution in [0.1, 0.15) is 13.8 Å². The molecule has 0 saturated heterocycles. The molecular formula is C18H20ClN3O4. The second kappa shape index (κ2) is 8.64. The highest BCUT2D eigenvalue weighted by Gasteiger charge is 2.25. The molecule has 0 fully saturated rings. The number of rotatable bonds is 7. The Kier molecular flexibility index (Phi) is 6.54. The Morgan fingerprint density at radius 2 is 1.85 bits per heavy atom. The summed E-state index contributed by atoms with van der Waals surface area (Å²) in [6.07, 6.45) is 1.49. The van der Waals surface area contributed by atoms with Crippen molar-refractivity contribution >= 4 is 40.4 Å². The fraction of sp³-hybridized carbons (Fsp3) is 0.278. The predicted molar refractivity (Wildman–Crippen MR) is 99.8 cm³/mol. The summed E-state index contributed by atoms with van der Waals surface area (Å²) in [5.41, 5.74) is 1.58. The number of anilines is 2. The maximum absolute atomic E-state index is 12.4. The molecule has 1 atom stereocenters. The first-order chi connectivity index (χ1) is 12.3. The molecular weight excluding hydrogens is 358 g/mol. The summed E-state index contributed by atoms with van der Waals surface area (Å²) < 4.78 is 0. The van der Waals surface area contributed by atoms with Gasteiger partial charge in [-0.05, 0) is 38.1 Å². The monoisotopic (exact) mass is 377 g/mol. The van der Waals surface area contributed by atoms with Crippen molar-refractivity contribution in [2.75, 3.05) is 22.6 Å². The molecule has 1 aromatic rings. The van der Waals surface area contributed by atoms with Gasteiger partial charge in [0.2, 0.25) is 17.5 Å². The molecule has 1 amide bonds. The average molecular weight is 378 g/mol. The van der Waals surface area contributed by atoms with E-state index in [2.05, 4.69) is 10.6 Å². The number of hydrogen-bond donors (Lipinski definition) is 3. The van der Waals surface area contributed by atoms with E-state index in [1.165, 1.54) is 19.1 Å². The first-order valence-corrected chi connectivity index (χ1v) is 8.59. The highest BCUT2D eigenvalue weighted by atomic mass is 35.5. The number of carbonyl (C=O) groups is 3. The molecule has 2 rings (SSSR count). The van der Waals surface area contributed by atoms with E-state index < -0.39 is 6.23 Å². The van der Waals surface area contributed by atoms with E-state index in [0.717, 1.165) is 0 Å². The van der Waals surface area contributed by atoms with Crippen molar-refractivity contribution < 1.29 is 19.5 Å². The van der Waals surface area contributed by atoms with Crippen LogP contribution >= 0.6 is 11.6 Å². The van der Waals surface area contributed by atoms with Gasteiger partial charge in [-0.3, -0.25) is 14.4 Å². The minimum atomic E-state index is -0.939. The van der Waals surface area contributed by atoms with Gasteiger partial charge < -0.3 is 20.6 Å². The summed E-state index contributed by atoms with van der Waals surface area (Å²) in [7, 11) is 0. The molecule has 0 bridgehead atoms. The van der Waals surface area contributed by atoms with Crippen LogP contribution in [0.25, 0.3) is 0 Å². The quantitative estimate of drug-likeness (QED) is 0.379. The molecule has 1 aliphatic rings. The number of allylic oxidation sites excluding steroid dienone is 2. The smallest absolute Gasteiger partial charge is 0.239 e. The molecule has 1 unspecified atom stereocenters.